The topological polar surface area (TPSA) is 216 Å². The second-order valence-corrected chi connectivity index (χ2v) is 8.47. The Hall–Kier alpha value is -1.53. The van der Waals surface area contributed by atoms with Crippen molar-refractivity contribution in [3.8, 4) is 22.6 Å². The Morgan fingerprint density at radius 1 is 0.946 bits per heavy atom. The van der Waals surface area contributed by atoms with E-state index in [0.717, 1.165) is 6.26 Å². The number of carbonyl (C=O) groups is 1. The van der Waals surface area contributed by atoms with Gasteiger partial charge in [0, 0.05) is 6.07 Å². The number of aliphatic hydroxyl groups excluding tert-OH is 3. The molecular weight excluding hydrogens is 538 g/mol. The number of aliphatic hydroxyl groups is 3. The number of carboxylic acids is 1. The molecule has 1 saturated heterocycles. The zero-order chi connectivity index (χ0) is 25.5. The van der Waals surface area contributed by atoms with Gasteiger partial charge >= 0.3 is 59.1 Å². The number of benzene rings is 2. The van der Waals surface area contributed by atoms with Gasteiger partial charge in [-0.05, 0) is 29.8 Å². The molecule has 0 saturated carbocycles. The van der Waals surface area contributed by atoms with Crippen molar-refractivity contribution in [1.82, 2.24) is 0 Å². The summed E-state index contributed by atoms with van der Waals surface area (Å²) < 4.78 is 52.1. The second kappa shape index (κ2) is 12.5. The van der Waals surface area contributed by atoms with Crippen molar-refractivity contribution in [2.75, 3.05) is 0 Å². The first-order valence-corrected chi connectivity index (χ1v) is 11.2. The van der Waals surface area contributed by atoms with Crippen molar-refractivity contribution in [3.05, 3.63) is 59.0 Å². The van der Waals surface area contributed by atoms with Crippen molar-refractivity contribution in [2.45, 2.75) is 30.7 Å². The van der Waals surface area contributed by atoms with Crippen LogP contribution in [-0.2, 0) is 19.9 Å². The molecule has 2 aromatic carbocycles. The third-order valence-corrected chi connectivity index (χ3v) is 5.56. The van der Waals surface area contributed by atoms with Crippen molar-refractivity contribution < 1.29 is 115 Å². The molecule has 5 atom stereocenters. The molecule has 0 radical (unpaired) electrons. The van der Waals surface area contributed by atoms with E-state index in [9.17, 15) is 43.0 Å². The number of carboxylic acid groups (broad SMARTS) is 1. The van der Waals surface area contributed by atoms with Gasteiger partial charge in [-0.3, -0.25) is 4.79 Å². The van der Waals surface area contributed by atoms with E-state index in [-0.39, 0.29) is 87.1 Å². The van der Waals surface area contributed by atoms with Crippen LogP contribution in [0.25, 0.3) is 22.1 Å². The van der Waals surface area contributed by atoms with Crippen molar-refractivity contribution in [3.63, 3.8) is 0 Å². The molecule has 2 heterocycles. The van der Waals surface area contributed by atoms with Gasteiger partial charge in [0.15, 0.2) is 5.43 Å². The molecule has 0 amide bonds. The Morgan fingerprint density at radius 2 is 1.57 bits per heavy atom. The molecule has 0 aliphatic carbocycles. The number of aliphatic carboxylic acids is 1. The van der Waals surface area contributed by atoms with Gasteiger partial charge in [-0.1, -0.05) is 12.1 Å². The molecule has 0 unspecified atom stereocenters. The summed E-state index contributed by atoms with van der Waals surface area (Å²) in [7, 11) is -4.95. The molecule has 1 fully saturated rings. The average molecular weight is 554 g/mol. The van der Waals surface area contributed by atoms with E-state index >= 15 is 0 Å². The normalized spacial score (nSPS) is 23.4. The molecule has 0 bridgehead atoms. The summed E-state index contributed by atoms with van der Waals surface area (Å²) >= 11 is 0. The summed E-state index contributed by atoms with van der Waals surface area (Å²) in [4.78, 5) is 24.0. The Kier molecular flexibility index (Phi) is 10.7. The maximum absolute atomic E-state index is 12.9. The molecule has 37 heavy (non-hydrogen) atoms. The van der Waals surface area contributed by atoms with Gasteiger partial charge in [-0.2, -0.15) is 0 Å². The molecule has 1 aliphatic heterocycles. The quantitative estimate of drug-likeness (QED) is 0.147. The van der Waals surface area contributed by atoms with Crippen LogP contribution in [0.5, 0.6) is 11.5 Å². The van der Waals surface area contributed by atoms with Gasteiger partial charge < -0.3 is 47.8 Å². The van der Waals surface area contributed by atoms with Crippen LogP contribution in [0.2, 0.25) is 0 Å². The van der Waals surface area contributed by atoms with E-state index in [2.05, 4.69) is 4.18 Å². The van der Waals surface area contributed by atoms with Crippen LogP contribution in [0.4, 0.5) is 0 Å². The first-order valence-electron chi connectivity index (χ1n) is 9.83. The summed E-state index contributed by atoms with van der Waals surface area (Å²) in [6.07, 6.45) is -8.12. The Balaban J connectivity index is 0.00000241. The van der Waals surface area contributed by atoms with Crippen molar-refractivity contribution >= 4 is 27.3 Å². The first-order chi connectivity index (χ1) is 16.4. The van der Waals surface area contributed by atoms with Crippen molar-refractivity contribution in [1.29, 1.82) is 0 Å². The van der Waals surface area contributed by atoms with E-state index in [1.807, 2.05) is 0 Å². The fourth-order valence-corrected chi connectivity index (χ4v) is 3.81. The maximum Gasteiger partial charge on any atom is 1.00 e. The van der Waals surface area contributed by atoms with E-state index in [4.69, 9.17) is 13.9 Å². The van der Waals surface area contributed by atoms with Gasteiger partial charge in [-0.25, -0.2) is 8.42 Å². The zero-order valence-electron chi connectivity index (χ0n) is 19.3. The summed E-state index contributed by atoms with van der Waals surface area (Å²) in [5.41, 5.74) is 0.0438. The average Bonchev–Trinajstić information content (AvgIpc) is 2.79. The molecule has 1 aromatic heterocycles. The van der Waals surface area contributed by atoms with E-state index in [0.29, 0.717) is 5.56 Å². The fourth-order valence-electron chi connectivity index (χ4n) is 3.46. The monoisotopic (exact) mass is 554 g/mol. The Morgan fingerprint density at radius 3 is 2.16 bits per heavy atom. The predicted molar refractivity (Wildman–Crippen MR) is 111 cm³/mol. The minimum Gasteiger partial charge on any atom is -0.716 e. The molecule has 0 spiro atoms. The summed E-state index contributed by atoms with van der Waals surface area (Å²) in [5, 5.41) is 40.9. The van der Waals surface area contributed by atoms with Gasteiger partial charge in [0.2, 0.25) is 6.29 Å². The van der Waals surface area contributed by atoms with Crippen molar-refractivity contribution in [2.24, 2.45) is 0 Å². The summed E-state index contributed by atoms with van der Waals surface area (Å²) in [6.45, 7) is 0. The Bertz CT molecular complexity index is 1420. The maximum atomic E-state index is 12.9. The number of ether oxygens (including phenoxy) is 2. The third-order valence-electron chi connectivity index (χ3n) is 5.16. The van der Waals surface area contributed by atoms with E-state index < -0.39 is 52.5 Å². The van der Waals surface area contributed by atoms with E-state index in [1.165, 1.54) is 42.5 Å². The minimum absolute atomic E-state index is 0. The number of hydrogen-bond acceptors (Lipinski definition) is 13. The van der Waals surface area contributed by atoms with Gasteiger partial charge in [0.05, 0.1) is 16.9 Å². The zero-order valence-corrected chi connectivity index (χ0v) is 24.2. The van der Waals surface area contributed by atoms with Crippen LogP contribution in [-0.4, -0.2) is 65.0 Å². The number of hydrogen-bond donors (Lipinski definition) is 3. The van der Waals surface area contributed by atoms with Crippen LogP contribution >= 0.6 is 0 Å². The van der Waals surface area contributed by atoms with Crippen LogP contribution in [0.15, 0.2) is 57.9 Å². The molecule has 1 aliphatic rings. The third kappa shape index (κ3) is 7.11. The summed E-state index contributed by atoms with van der Waals surface area (Å²) in [5.74, 6) is -2.07. The largest absolute Gasteiger partial charge is 1.00 e. The second-order valence-electron chi connectivity index (χ2n) is 7.49. The molecule has 186 valence electrons. The number of rotatable bonds is 6. The molecule has 4 rings (SSSR count). The SMILES string of the molecule is O=C([O-])[C@H]1O[C@@H](Oc2ccc3c(=O)c(-c4ccc(OS(=O)(=O)[O-])cc4)coc3c2)[C@H](O)[C@@H](O)[C@@H]1O.[Na+].[Na+]. The van der Waals surface area contributed by atoms with E-state index in [1.54, 1.807) is 0 Å². The molecule has 3 N–H and O–H groups in total. The Labute approximate surface area is 253 Å². The van der Waals surface area contributed by atoms with Gasteiger partial charge in [0.1, 0.15) is 47.8 Å². The number of fused-ring (bicyclic) bond motifs is 1. The van der Waals surface area contributed by atoms with Crippen LogP contribution in [0.1, 0.15) is 0 Å². The fraction of sp³-hybridized carbons (Fsp3) is 0.238. The predicted octanol–water partition coefficient (Wildman–Crippen LogP) is -7.76. The number of carbonyl (C=O) groups excluding carboxylic acids is 1. The molecule has 3 aromatic rings. The standard InChI is InChI=1S/C21H18O13S.2Na/c22-15-12-6-5-11(32-21-18(25)16(23)17(24)19(33-21)20(26)27)7-14(12)31-8-13(15)9-1-3-10(4-2-9)34-35(28,29)30;;/h1-8,16-19,21,23-25H,(H,26,27)(H,28,29,30);;/q;2*+1/p-2/t16-,17-,18+,19-,21+;;/m0../s1. The van der Waals surface area contributed by atoms with Crippen LogP contribution < -0.4 is 78.6 Å². The summed E-state index contributed by atoms with van der Waals surface area (Å²) in [6, 6.07) is 8.98. The van der Waals surface area contributed by atoms with Crippen LogP contribution in [0, 0.1) is 0 Å². The van der Waals surface area contributed by atoms with Crippen LogP contribution in [0.3, 0.4) is 0 Å². The smallest absolute Gasteiger partial charge is 0.716 e. The van der Waals surface area contributed by atoms with Gasteiger partial charge in [0.25, 0.3) is 10.4 Å². The molecule has 13 nitrogen and oxygen atoms in total. The minimum atomic E-state index is -4.95. The van der Waals surface area contributed by atoms with Gasteiger partial charge in [-0.15, -0.1) is 0 Å². The first kappa shape index (κ1) is 31.7. The molecule has 16 heteroatoms. The molecular formula is C21H16Na2O13S.